The van der Waals surface area contributed by atoms with Crippen LogP contribution in [0.25, 0.3) is 0 Å². The van der Waals surface area contributed by atoms with Crippen LogP contribution in [0.5, 0.6) is 0 Å². The van der Waals surface area contributed by atoms with Gasteiger partial charge in [-0.05, 0) is 13.3 Å². The number of hydrogen-bond acceptors (Lipinski definition) is 3. The molecule has 0 saturated carbocycles. The molecule has 0 N–H and O–H groups in total. The highest BCUT2D eigenvalue weighted by atomic mass is 79.9. The second kappa shape index (κ2) is 4.55. The van der Waals surface area contributed by atoms with Gasteiger partial charge in [0.25, 0.3) is 0 Å². The van der Waals surface area contributed by atoms with E-state index in [2.05, 4.69) is 20.7 Å². The van der Waals surface area contributed by atoms with Gasteiger partial charge in [0.05, 0.1) is 17.5 Å². The number of allylic oxidation sites excluding steroid dienone is 2. The van der Waals surface area contributed by atoms with Gasteiger partial charge >= 0.3 is 5.97 Å². The van der Waals surface area contributed by atoms with Gasteiger partial charge in [0.1, 0.15) is 0 Å². The van der Waals surface area contributed by atoms with Gasteiger partial charge in [-0.2, -0.15) is 0 Å². The number of alkyl halides is 1. The first kappa shape index (κ1) is 11.2. The fourth-order valence-corrected chi connectivity index (χ4v) is 1.80. The maximum absolute atomic E-state index is 11.6. The molecule has 0 aromatic rings. The lowest BCUT2D eigenvalue weighted by molar-refractivity contribution is -0.136. The number of ether oxygens (including phenoxy) is 1. The number of Topliss-reactive ketones (excluding diaryl/α,β-unsaturated/α-hetero) is 1. The second-order valence-electron chi connectivity index (χ2n) is 3.00. The van der Waals surface area contributed by atoms with Crippen molar-refractivity contribution >= 4 is 27.7 Å². The first-order valence-electron chi connectivity index (χ1n) is 4.22. The number of esters is 1. The third-order valence-corrected chi connectivity index (χ3v) is 2.88. The van der Waals surface area contributed by atoms with Gasteiger partial charge in [0.15, 0.2) is 5.78 Å². The van der Waals surface area contributed by atoms with Crippen LogP contribution in [0.4, 0.5) is 0 Å². The Morgan fingerprint density at radius 3 is 2.86 bits per heavy atom. The van der Waals surface area contributed by atoms with Crippen LogP contribution in [0.3, 0.4) is 0 Å². The number of methoxy groups -OCH3 is 1. The van der Waals surface area contributed by atoms with Crippen molar-refractivity contribution in [3.63, 3.8) is 0 Å². The Hall–Kier alpha value is -0.900. The van der Waals surface area contributed by atoms with Crippen LogP contribution in [0.1, 0.15) is 13.3 Å². The molecule has 0 spiro atoms. The summed E-state index contributed by atoms with van der Waals surface area (Å²) < 4.78 is 4.58. The third-order valence-electron chi connectivity index (χ3n) is 2.09. The van der Waals surface area contributed by atoms with Crippen molar-refractivity contribution in [2.24, 2.45) is 0 Å². The van der Waals surface area contributed by atoms with E-state index in [-0.39, 0.29) is 10.6 Å². The summed E-state index contributed by atoms with van der Waals surface area (Å²) in [4.78, 5) is 22.7. The first-order chi connectivity index (χ1) is 6.57. The molecule has 0 aromatic carbocycles. The molecule has 0 saturated heterocycles. The zero-order valence-electron chi connectivity index (χ0n) is 8.04. The summed E-state index contributed by atoms with van der Waals surface area (Å²) in [6, 6.07) is 0. The molecule has 76 valence electrons. The highest BCUT2D eigenvalue weighted by Gasteiger charge is 2.23. The summed E-state index contributed by atoms with van der Waals surface area (Å²) in [5, 5.41) is 0. The summed E-state index contributed by atoms with van der Waals surface area (Å²) in [6.45, 7) is 1.64. The lowest BCUT2D eigenvalue weighted by Crippen LogP contribution is -2.16. The predicted octanol–water partition coefficient (Wildman–Crippen LogP) is 1.77. The van der Waals surface area contributed by atoms with Crippen molar-refractivity contribution in [3.8, 4) is 0 Å². The molecule has 1 unspecified atom stereocenters. The second-order valence-corrected chi connectivity index (χ2v) is 4.11. The van der Waals surface area contributed by atoms with E-state index >= 15 is 0 Å². The van der Waals surface area contributed by atoms with Crippen LogP contribution < -0.4 is 0 Å². The van der Waals surface area contributed by atoms with Crippen molar-refractivity contribution in [3.05, 3.63) is 23.3 Å². The molecule has 0 fully saturated rings. The van der Waals surface area contributed by atoms with Crippen LogP contribution >= 0.6 is 15.9 Å². The minimum absolute atomic E-state index is 0.0598. The molecule has 1 aliphatic rings. The largest absolute Gasteiger partial charge is 0.465 e. The van der Waals surface area contributed by atoms with Crippen LogP contribution in [0, 0.1) is 0 Å². The Balaban J connectivity index is 3.11. The number of rotatable bonds is 1. The van der Waals surface area contributed by atoms with Crippen LogP contribution in [0.15, 0.2) is 23.3 Å². The minimum atomic E-state index is -0.464. The molecule has 3 nitrogen and oxygen atoms in total. The number of carbonyl (C=O) groups is 2. The average Bonchev–Trinajstić information content (AvgIpc) is 2.31. The Labute approximate surface area is 90.9 Å². The summed E-state index contributed by atoms with van der Waals surface area (Å²) in [5.74, 6) is -0.524. The Morgan fingerprint density at radius 1 is 1.64 bits per heavy atom. The number of halogens is 1. The van der Waals surface area contributed by atoms with Gasteiger partial charge in [-0.15, -0.1) is 0 Å². The molecule has 0 aromatic heterocycles. The Bertz CT molecular complexity index is 328. The number of hydrogen-bond donors (Lipinski definition) is 0. The quantitative estimate of drug-likeness (QED) is 0.532. The van der Waals surface area contributed by atoms with Crippen molar-refractivity contribution < 1.29 is 14.3 Å². The van der Waals surface area contributed by atoms with E-state index in [1.54, 1.807) is 19.1 Å². The topological polar surface area (TPSA) is 43.4 Å². The van der Waals surface area contributed by atoms with Crippen LogP contribution in [-0.2, 0) is 14.3 Å². The van der Waals surface area contributed by atoms with Crippen molar-refractivity contribution in [1.82, 2.24) is 0 Å². The minimum Gasteiger partial charge on any atom is -0.465 e. The van der Waals surface area contributed by atoms with E-state index in [1.165, 1.54) is 7.11 Å². The lowest BCUT2D eigenvalue weighted by Gasteiger charge is -2.05. The van der Waals surface area contributed by atoms with Crippen LogP contribution in [0.2, 0.25) is 0 Å². The van der Waals surface area contributed by atoms with Crippen molar-refractivity contribution in [2.45, 2.75) is 18.2 Å². The fourth-order valence-electron chi connectivity index (χ4n) is 1.24. The van der Waals surface area contributed by atoms with E-state index in [0.717, 1.165) is 0 Å². The smallest absolute Gasteiger partial charge is 0.338 e. The molecule has 1 aliphatic carbocycles. The van der Waals surface area contributed by atoms with Gasteiger partial charge in [-0.3, -0.25) is 4.79 Å². The maximum atomic E-state index is 11.6. The standard InChI is InChI=1S/C10H11BrO3/c1-6-7(10(13)14-2)4-3-5-8(11)9(6)12/h3-4,8H,5H2,1-2H3. The maximum Gasteiger partial charge on any atom is 0.338 e. The molecular weight excluding hydrogens is 248 g/mol. The molecule has 0 heterocycles. The van der Waals surface area contributed by atoms with Crippen molar-refractivity contribution in [2.75, 3.05) is 7.11 Å². The van der Waals surface area contributed by atoms with E-state index in [4.69, 9.17) is 0 Å². The number of carbonyl (C=O) groups excluding carboxylic acids is 2. The Morgan fingerprint density at radius 2 is 2.29 bits per heavy atom. The lowest BCUT2D eigenvalue weighted by atomic mass is 10.1. The normalized spacial score (nSPS) is 22.2. The van der Waals surface area contributed by atoms with Gasteiger partial charge in [0.2, 0.25) is 0 Å². The summed E-state index contributed by atoms with van der Waals surface area (Å²) in [6.07, 6.45) is 4.02. The van der Waals surface area contributed by atoms with E-state index in [1.807, 2.05) is 0 Å². The van der Waals surface area contributed by atoms with Gasteiger partial charge in [-0.25, -0.2) is 4.79 Å². The van der Waals surface area contributed by atoms with E-state index < -0.39 is 5.97 Å². The highest BCUT2D eigenvalue weighted by Crippen LogP contribution is 2.21. The third kappa shape index (κ3) is 2.12. The summed E-state index contributed by atoms with van der Waals surface area (Å²) >= 11 is 3.26. The SMILES string of the molecule is COC(=O)C1=C(C)C(=O)C(Br)CC=C1. The summed E-state index contributed by atoms with van der Waals surface area (Å²) in [7, 11) is 1.30. The molecule has 0 aliphatic heterocycles. The zero-order valence-corrected chi connectivity index (χ0v) is 9.63. The molecule has 0 bridgehead atoms. The zero-order chi connectivity index (χ0) is 10.7. The molecule has 1 rings (SSSR count). The monoisotopic (exact) mass is 258 g/mol. The van der Waals surface area contributed by atoms with Gasteiger partial charge < -0.3 is 4.74 Å². The molecule has 0 radical (unpaired) electrons. The van der Waals surface area contributed by atoms with Crippen LogP contribution in [-0.4, -0.2) is 23.7 Å². The van der Waals surface area contributed by atoms with Gasteiger partial charge in [0, 0.05) is 5.57 Å². The van der Waals surface area contributed by atoms with Crippen molar-refractivity contribution in [1.29, 1.82) is 0 Å². The van der Waals surface area contributed by atoms with Gasteiger partial charge in [-0.1, -0.05) is 28.1 Å². The highest BCUT2D eigenvalue weighted by molar-refractivity contribution is 9.10. The fraction of sp³-hybridized carbons (Fsp3) is 0.400. The van der Waals surface area contributed by atoms with E-state index in [9.17, 15) is 9.59 Å². The summed E-state index contributed by atoms with van der Waals surface area (Å²) in [5.41, 5.74) is 0.798. The molecule has 14 heavy (non-hydrogen) atoms. The average molecular weight is 259 g/mol. The molecule has 0 amide bonds. The van der Waals surface area contributed by atoms with E-state index in [0.29, 0.717) is 17.6 Å². The predicted molar refractivity (Wildman–Crippen MR) is 56.2 cm³/mol. The molecular formula is C10H11BrO3. The Kier molecular flexibility index (Phi) is 3.63. The first-order valence-corrected chi connectivity index (χ1v) is 5.13. The molecule has 4 heteroatoms. The number of ketones is 1. The molecule has 1 atom stereocenters.